The van der Waals surface area contributed by atoms with Crippen LogP contribution in [0.1, 0.15) is 16.8 Å². The number of aromatic nitrogens is 5. The van der Waals surface area contributed by atoms with Gasteiger partial charge in [0.15, 0.2) is 0 Å². The monoisotopic (exact) mass is 448 g/mol. The number of rotatable bonds is 6. The Bertz CT molecular complexity index is 1430. The first-order valence-corrected chi connectivity index (χ1v) is 11.0. The quantitative estimate of drug-likeness (QED) is 0.378. The lowest BCUT2D eigenvalue weighted by molar-refractivity contribution is 0.380. The minimum Gasteiger partial charge on any atom is -0.467 e. The molecule has 5 rings (SSSR count). The van der Waals surface area contributed by atoms with Crippen molar-refractivity contribution in [1.82, 2.24) is 24.9 Å². The maximum absolute atomic E-state index is 14.2. The number of anilines is 1. The molecule has 2 N–H and O–H groups in total. The molecule has 0 atom stereocenters. The number of aryl methyl sites for hydroxylation is 2. The molecule has 0 saturated carbocycles. The van der Waals surface area contributed by atoms with Crippen LogP contribution >= 0.6 is 11.3 Å². The van der Waals surface area contributed by atoms with Crippen LogP contribution in [0.3, 0.4) is 0 Å². The molecule has 0 unspecified atom stereocenters. The van der Waals surface area contributed by atoms with Crippen LogP contribution in [-0.4, -0.2) is 38.6 Å². The van der Waals surface area contributed by atoms with Gasteiger partial charge in [-0.3, -0.25) is 0 Å². The fourth-order valence-electron chi connectivity index (χ4n) is 3.93. The smallest absolute Gasteiger partial charge is 0.316 e. The van der Waals surface area contributed by atoms with Crippen LogP contribution in [0.5, 0.6) is 6.01 Å². The van der Waals surface area contributed by atoms with Crippen LogP contribution < -0.4 is 10.1 Å². The number of aromatic amines is 1. The molecule has 0 saturated heterocycles. The van der Waals surface area contributed by atoms with Gasteiger partial charge in [-0.1, -0.05) is 6.07 Å². The Morgan fingerprint density at radius 1 is 1.12 bits per heavy atom. The summed E-state index contributed by atoms with van der Waals surface area (Å²) in [6.07, 6.45) is 5.77. The average molecular weight is 449 g/mol. The van der Waals surface area contributed by atoms with E-state index in [1.807, 2.05) is 26.0 Å². The molecular weight excluding hydrogens is 427 g/mol. The Labute approximate surface area is 187 Å². The number of hydrogen-bond acceptors (Lipinski definition) is 7. The summed E-state index contributed by atoms with van der Waals surface area (Å²) in [5.41, 5.74) is 5.50. The molecule has 32 heavy (non-hydrogen) atoms. The number of fused-ring (bicyclic) bond motifs is 2. The molecule has 0 amide bonds. The average Bonchev–Trinajstić information content (AvgIpc) is 3.39. The largest absolute Gasteiger partial charge is 0.467 e. The van der Waals surface area contributed by atoms with Gasteiger partial charge in [0.25, 0.3) is 0 Å². The normalized spacial score (nSPS) is 11.4. The van der Waals surface area contributed by atoms with Crippen LogP contribution in [0.4, 0.5) is 10.2 Å². The van der Waals surface area contributed by atoms with Gasteiger partial charge in [-0.15, -0.1) is 11.3 Å². The molecule has 7 nitrogen and oxygen atoms in total. The maximum Gasteiger partial charge on any atom is 0.316 e. The molecule has 1 aromatic carbocycles. The molecular formula is C23H21FN6OS. The van der Waals surface area contributed by atoms with Gasteiger partial charge in [-0.25, -0.2) is 24.3 Å². The standard InChI is InChI=1S/C23H21FN6OS/c1-12-4-5-16(24)20-19(12)15(13(2)30-20)6-7-25-22-21-17(28-11-29-22)8-18(32-21)14-9-26-23(31-3)27-10-14/h4-5,8-11,30H,6-7H2,1-3H3,(H,25,28,29). The van der Waals surface area contributed by atoms with Crippen molar-refractivity contribution in [1.29, 1.82) is 0 Å². The zero-order chi connectivity index (χ0) is 22.2. The van der Waals surface area contributed by atoms with Crippen LogP contribution in [-0.2, 0) is 6.42 Å². The van der Waals surface area contributed by atoms with E-state index < -0.39 is 0 Å². The van der Waals surface area contributed by atoms with E-state index in [9.17, 15) is 4.39 Å². The molecule has 0 aliphatic carbocycles. The molecule has 0 fully saturated rings. The van der Waals surface area contributed by atoms with Crippen molar-refractivity contribution in [3.8, 4) is 16.5 Å². The van der Waals surface area contributed by atoms with E-state index in [1.165, 1.54) is 13.2 Å². The second-order valence-electron chi connectivity index (χ2n) is 7.53. The number of hydrogen-bond donors (Lipinski definition) is 2. The summed E-state index contributed by atoms with van der Waals surface area (Å²) < 4.78 is 20.2. The maximum atomic E-state index is 14.2. The summed E-state index contributed by atoms with van der Waals surface area (Å²) in [6.45, 7) is 4.66. The van der Waals surface area contributed by atoms with E-state index in [2.05, 4.69) is 30.2 Å². The summed E-state index contributed by atoms with van der Waals surface area (Å²) in [6, 6.07) is 5.68. The predicted molar refractivity (Wildman–Crippen MR) is 125 cm³/mol. The Morgan fingerprint density at radius 3 is 2.72 bits per heavy atom. The third kappa shape index (κ3) is 3.54. The van der Waals surface area contributed by atoms with E-state index in [0.29, 0.717) is 18.1 Å². The summed E-state index contributed by atoms with van der Waals surface area (Å²) in [5, 5.41) is 4.40. The second-order valence-corrected chi connectivity index (χ2v) is 8.58. The zero-order valence-electron chi connectivity index (χ0n) is 17.9. The number of benzene rings is 1. The molecule has 0 aliphatic heterocycles. The first-order valence-electron chi connectivity index (χ1n) is 10.2. The number of halogens is 1. The van der Waals surface area contributed by atoms with E-state index >= 15 is 0 Å². The van der Waals surface area contributed by atoms with Gasteiger partial charge < -0.3 is 15.0 Å². The first kappa shape index (κ1) is 20.3. The van der Waals surface area contributed by atoms with E-state index in [-0.39, 0.29) is 5.82 Å². The van der Waals surface area contributed by atoms with Crippen LogP contribution in [0, 0.1) is 19.7 Å². The SMILES string of the molecule is COc1ncc(-c2cc3ncnc(NCCc4c(C)[nH]c5c(F)ccc(C)c45)c3s2)cn1. The molecule has 0 aliphatic rings. The predicted octanol–water partition coefficient (Wildman–Crippen LogP) is 5.05. The van der Waals surface area contributed by atoms with E-state index in [0.717, 1.165) is 55.1 Å². The van der Waals surface area contributed by atoms with Crippen molar-refractivity contribution in [2.24, 2.45) is 0 Å². The van der Waals surface area contributed by atoms with Crippen molar-refractivity contribution < 1.29 is 9.13 Å². The zero-order valence-corrected chi connectivity index (χ0v) is 18.7. The Kier molecular flexibility index (Phi) is 5.18. The highest BCUT2D eigenvalue weighted by Gasteiger charge is 2.15. The number of thiophene rings is 1. The number of ether oxygens (including phenoxy) is 1. The third-order valence-corrected chi connectivity index (χ3v) is 6.68. The Morgan fingerprint density at radius 2 is 1.94 bits per heavy atom. The van der Waals surface area contributed by atoms with Crippen molar-refractivity contribution >= 4 is 38.3 Å². The Balaban J connectivity index is 1.39. The lowest BCUT2D eigenvalue weighted by atomic mass is 10.0. The molecule has 4 aromatic heterocycles. The third-order valence-electron chi connectivity index (χ3n) is 5.50. The molecule has 0 bridgehead atoms. The highest BCUT2D eigenvalue weighted by molar-refractivity contribution is 7.22. The topological polar surface area (TPSA) is 88.6 Å². The number of nitrogens with one attached hydrogen (secondary N) is 2. The number of methoxy groups -OCH3 is 1. The van der Waals surface area contributed by atoms with Crippen molar-refractivity contribution in [3.63, 3.8) is 0 Å². The van der Waals surface area contributed by atoms with Gasteiger partial charge in [0.05, 0.1) is 22.8 Å². The summed E-state index contributed by atoms with van der Waals surface area (Å²) in [4.78, 5) is 21.4. The minimum atomic E-state index is -0.223. The van der Waals surface area contributed by atoms with E-state index in [4.69, 9.17) is 4.74 Å². The lowest BCUT2D eigenvalue weighted by Crippen LogP contribution is -2.07. The van der Waals surface area contributed by atoms with Crippen LogP contribution in [0.2, 0.25) is 0 Å². The van der Waals surface area contributed by atoms with Gasteiger partial charge in [0.2, 0.25) is 0 Å². The van der Waals surface area contributed by atoms with Crippen LogP contribution in [0.15, 0.2) is 36.9 Å². The first-order chi connectivity index (χ1) is 15.5. The fraction of sp³-hybridized carbons (Fsp3) is 0.217. The van der Waals surface area contributed by atoms with Crippen molar-refractivity contribution in [3.05, 3.63) is 59.6 Å². The molecule has 4 heterocycles. The summed E-state index contributed by atoms with van der Waals surface area (Å²) in [5.74, 6) is 0.556. The fourth-order valence-corrected chi connectivity index (χ4v) is 4.98. The minimum absolute atomic E-state index is 0.223. The van der Waals surface area contributed by atoms with Gasteiger partial charge in [-0.05, 0) is 43.5 Å². The highest BCUT2D eigenvalue weighted by atomic mass is 32.1. The van der Waals surface area contributed by atoms with Crippen molar-refractivity contribution in [2.45, 2.75) is 20.3 Å². The van der Waals surface area contributed by atoms with Gasteiger partial charge in [-0.2, -0.15) is 0 Å². The van der Waals surface area contributed by atoms with Gasteiger partial charge >= 0.3 is 6.01 Å². The van der Waals surface area contributed by atoms with Crippen LogP contribution in [0.25, 0.3) is 31.6 Å². The van der Waals surface area contributed by atoms with Gasteiger partial charge in [0.1, 0.15) is 18.0 Å². The number of H-pyrrole nitrogens is 1. The lowest BCUT2D eigenvalue weighted by Gasteiger charge is -2.07. The highest BCUT2D eigenvalue weighted by Crippen LogP contribution is 2.35. The molecule has 162 valence electrons. The summed E-state index contributed by atoms with van der Waals surface area (Å²) in [7, 11) is 1.54. The number of nitrogens with zero attached hydrogens (tertiary/aromatic N) is 4. The molecule has 0 radical (unpaired) electrons. The molecule has 0 spiro atoms. The summed E-state index contributed by atoms with van der Waals surface area (Å²) >= 11 is 1.58. The molecule has 9 heteroatoms. The van der Waals surface area contributed by atoms with E-state index in [1.54, 1.807) is 30.1 Å². The second kappa shape index (κ2) is 8.16. The molecule has 5 aromatic rings. The Hall–Kier alpha value is -3.59. The van der Waals surface area contributed by atoms with Gasteiger partial charge in [0, 0.05) is 40.5 Å². The van der Waals surface area contributed by atoms with Crippen molar-refractivity contribution in [2.75, 3.05) is 19.0 Å².